The molecule has 0 saturated heterocycles. The van der Waals surface area contributed by atoms with E-state index in [4.69, 9.17) is 17.5 Å². The van der Waals surface area contributed by atoms with E-state index in [0.717, 1.165) is 11.3 Å². The van der Waals surface area contributed by atoms with Gasteiger partial charge in [-0.1, -0.05) is 29.9 Å². The van der Waals surface area contributed by atoms with Crippen LogP contribution < -0.4 is 0 Å². The van der Waals surface area contributed by atoms with Crippen molar-refractivity contribution in [2.45, 2.75) is 27.7 Å². The lowest BCUT2D eigenvalue weighted by Gasteiger charge is -2.14. The second-order valence-corrected chi connectivity index (χ2v) is 5.36. The van der Waals surface area contributed by atoms with Crippen LogP contribution in [0.4, 0.5) is 0 Å². The van der Waals surface area contributed by atoms with Gasteiger partial charge in [0, 0.05) is 11.3 Å². The molecule has 0 amide bonds. The molecule has 0 radical (unpaired) electrons. The predicted molar refractivity (Wildman–Crippen MR) is 80.7 cm³/mol. The summed E-state index contributed by atoms with van der Waals surface area (Å²) in [6.07, 6.45) is 0. The third-order valence-corrected chi connectivity index (χ3v) is 3.61. The van der Waals surface area contributed by atoms with Crippen molar-refractivity contribution in [1.82, 2.24) is 4.98 Å². The highest BCUT2D eigenvalue weighted by molar-refractivity contribution is 7.71. The highest BCUT2D eigenvalue weighted by Gasteiger charge is 2.11. The number of benzene rings is 1. The Kier molecular flexibility index (Phi) is 3.55. The second kappa shape index (κ2) is 4.99. The number of H-pyrrole nitrogens is 1. The molecule has 2 nitrogen and oxygen atoms in total. The minimum Gasteiger partial charge on any atom is -0.345 e. The first kappa shape index (κ1) is 13.5. The number of pyridine rings is 1. The van der Waals surface area contributed by atoms with Crippen molar-refractivity contribution in [3.05, 3.63) is 50.7 Å². The maximum atomic E-state index is 9.01. The first-order valence-corrected chi connectivity index (χ1v) is 6.57. The van der Waals surface area contributed by atoms with Crippen molar-refractivity contribution in [1.29, 1.82) is 5.26 Å². The van der Waals surface area contributed by atoms with E-state index in [2.05, 4.69) is 44.0 Å². The minimum absolute atomic E-state index is 0.502. The van der Waals surface area contributed by atoms with Gasteiger partial charge in [0.2, 0.25) is 0 Å². The van der Waals surface area contributed by atoms with Crippen LogP contribution in [0.25, 0.3) is 11.3 Å². The number of hydrogen-bond donors (Lipinski definition) is 1. The van der Waals surface area contributed by atoms with Gasteiger partial charge in [0.1, 0.15) is 10.7 Å². The van der Waals surface area contributed by atoms with Crippen molar-refractivity contribution >= 4 is 12.2 Å². The van der Waals surface area contributed by atoms with E-state index in [1.165, 1.54) is 22.3 Å². The molecule has 0 spiro atoms. The van der Waals surface area contributed by atoms with Crippen LogP contribution in [0, 0.1) is 43.7 Å². The molecule has 1 heterocycles. The van der Waals surface area contributed by atoms with E-state index < -0.39 is 0 Å². The fraction of sp³-hybridized carbons (Fsp3) is 0.250. The van der Waals surface area contributed by atoms with Gasteiger partial charge in [-0.3, -0.25) is 0 Å². The summed E-state index contributed by atoms with van der Waals surface area (Å²) < 4.78 is 0.502. The molecule has 0 aliphatic heterocycles. The Balaban J connectivity index is 2.78. The molecule has 0 fully saturated rings. The predicted octanol–water partition coefficient (Wildman–Crippen LogP) is 4.52. The van der Waals surface area contributed by atoms with E-state index in [0.29, 0.717) is 10.2 Å². The number of aryl methyl sites for hydroxylation is 4. The molecule has 0 aliphatic rings. The minimum atomic E-state index is 0.502. The molecule has 0 unspecified atom stereocenters. The Hall–Kier alpha value is -1.92. The van der Waals surface area contributed by atoms with Crippen molar-refractivity contribution in [3.8, 4) is 17.3 Å². The van der Waals surface area contributed by atoms with Gasteiger partial charge in [-0.2, -0.15) is 5.26 Å². The van der Waals surface area contributed by atoms with Gasteiger partial charge < -0.3 is 4.98 Å². The summed E-state index contributed by atoms with van der Waals surface area (Å²) in [4.78, 5) is 3.20. The lowest BCUT2D eigenvalue weighted by molar-refractivity contribution is 1.20. The van der Waals surface area contributed by atoms with E-state index in [1.54, 1.807) is 0 Å². The van der Waals surface area contributed by atoms with Gasteiger partial charge >= 0.3 is 0 Å². The molecule has 19 heavy (non-hydrogen) atoms. The van der Waals surface area contributed by atoms with Crippen LogP contribution in [-0.2, 0) is 0 Å². The largest absolute Gasteiger partial charge is 0.345 e. The maximum Gasteiger partial charge on any atom is 0.121 e. The lowest BCUT2D eigenvalue weighted by atomic mass is 9.94. The van der Waals surface area contributed by atoms with Crippen LogP contribution in [0.3, 0.4) is 0 Å². The van der Waals surface area contributed by atoms with Crippen LogP contribution in [-0.4, -0.2) is 4.98 Å². The average Bonchev–Trinajstić information content (AvgIpc) is 2.31. The molecule has 1 N–H and O–H groups in total. The number of hydrogen-bond acceptors (Lipinski definition) is 2. The normalized spacial score (nSPS) is 10.3. The number of aromatic amines is 1. The highest BCUT2D eigenvalue weighted by atomic mass is 32.1. The molecule has 3 heteroatoms. The summed E-state index contributed by atoms with van der Waals surface area (Å²) in [6, 6.07) is 8.30. The fourth-order valence-electron chi connectivity index (χ4n) is 2.55. The first-order chi connectivity index (χ1) is 8.93. The van der Waals surface area contributed by atoms with Crippen molar-refractivity contribution in [3.63, 3.8) is 0 Å². The molecular weight excluding hydrogens is 252 g/mol. The van der Waals surface area contributed by atoms with Gasteiger partial charge in [0.05, 0.1) is 5.56 Å². The molecule has 2 aromatic rings. The zero-order chi connectivity index (χ0) is 14.2. The van der Waals surface area contributed by atoms with E-state index in [9.17, 15) is 0 Å². The SMILES string of the molecule is Cc1cc(C)c(-c2[nH]c(=S)c(C#N)cc2C)c(C)c1. The van der Waals surface area contributed by atoms with Gasteiger partial charge in [0.15, 0.2) is 0 Å². The van der Waals surface area contributed by atoms with Crippen LogP contribution in [0.5, 0.6) is 0 Å². The summed E-state index contributed by atoms with van der Waals surface area (Å²) >= 11 is 5.23. The number of rotatable bonds is 1. The zero-order valence-electron chi connectivity index (χ0n) is 11.6. The van der Waals surface area contributed by atoms with E-state index in [-0.39, 0.29) is 0 Å². The summed E-state index contributed by atoms with van der Waals surface area (Å²) in [5.74, 6) is 0. The Bertz CT molecular complexity index is 725. The highest BCUT2D eigenvalue weighted by Crippen LogP contribution is 2.29. The number of aromatic nitrogens is 1. The van der Waals surface area contributed by atoms with Crippen LogP contribution in [0.15, 0.2) is 18.2 Å². The lowest BCUT2D eigenvalue weighted by Crippen LogP contribution is -1.97. The number of nitriles is 1. The molecule has 0 atom stereocenters. The topological polar surface area (TPSA) is 39.6 Å². The third kappa shape index (κ3) is 2.45. The quantitative estimate of drug-likeness (QED) is 0.772. The van der Waals surface area contributed by atoms with E-state index in [1.807, 2.05) is 13.0 Å². The van der Waals surface area contributed by atoms with Gasteiger partial charge in [0.25, 0.3) is 0 Å². The van der Waals surface area contributed by atoms with Crippen molar-refractivity contribution in [2.75, 3.05) is 0 Å². The summed E-state index contributed by atoms with van der Waals surface area (Å²) in [5.41, 5.74) is 7.45. The monoisotopic (exact) mass is 268 g/mol. The van der Waals surface area contributed by atoms with Crippen LogP contribution in [0.2, 0.25) is 0 Å². The van der Waals surface area contributed by atoms with Gasteiger partial charge in [-0.05, 0) is 50.5 Å². The Morgan fingerprint density at radius 3 is 2.11 bits per heavy atom. The zero-order valence-corrected chi connectivity index (χ0v) is 12.4. The molecule has 2 rings (SSSR count). The van der Waals surface area contributed by atoms with Crippen molar-refractivity contribution in [2.24, 2.45) is 0 Å². The Labute approximate surface area is 118 Å². The maximum absolute atomic E-state index is 9.01. The summed E-state index contributed by atoms with van der Waals surface area (Å²) in [6.45, 7) is 8.30. The third-order valence-electron chi connectivity index (χ3n) is 3.29. The van der Waals surface area contributed by atoms with Crippen molar-refractivity contribution < 1.29 is 0 Å². The molecule has 0 aliphatic carbocycles. The molecular formula is C16H16N2S. The first-order valence-electron chi connectivity index (χ1n) is 6.16. The van der Waals surface area contributed by atoms with Gasteiger partial charge in [-0.25, -0.2) is 0 Å². The van der Waals surface area contributed by atoms with Gasteiger partial charge in [-0.15, -0.1) is 0 Å². The summed E-state index contributed by atoms with van der Waals surface area (Å²) in [7, 11) is 0. The molecule has 0 bridgehead atoms. The molecule has 1 aromatic heterocycles. The van der Waals surface area contributed by atoms with Crippen LogP contribution in [0.1, 0.15) is 27.8 Å². The molecule has 1 aromatic carbocycles. The second-order valence-electron chi connectivity index (χ2n) is 4.96. The fourth-order valence-corrected chi connectivity index (χ4v) is 2.76. The standard InChI is InChI=1S/C16H16N2S/c1-9-5-10(2)14(11(3)6-9)15-12(4)7-13(8-17)16(19)18-15/h5-7H,1-4H3,(H,18,19). The Morgan fingerprint density at radius 1 is 1.00 bits per heavy atom. The average molecular weight is 268 g/mol. The Morgan fingerprint density at radius 2 is 1.58 bits per heavy atom. The summed E-state index contributed by atoms with van der Waals surface area (Å²) in [5, 5.41) is 9.01. The smallest absolute Gasteiger partial charge is 0.121 e. The van der Waals surface area contributed by atoms with E-state index >= 15 is 0 Å². The number of nitrogens with zero attached hydrogens (tertiary/aromatic N) is 1. The van der Waals surface area contributed by atoms with Crippen LogP contribution >= 0.6 is 12.2 Å². The molecule has 96 valence electrons. The molecule has 0 saturated carbocycles. The number of nitrogens with one attached hydrogen (secondary N) is 1.